The number of rotatable bonds is 1. The van der Waals surface area contributed by atoms with Crippen LogP contribution in [-0.2, 0) is 6.18 Å². The zero-order valence-electron chi connectivity index (χ0n) is 10.3. The predicted octanol–water partition coefficient (Wildman–Crippen LogP) is 4.31. The van der Waals surface area contributed by atoms with Crippen LogP contribution in [0.2, 0.25) is 0 Å². The van der Waals surface area contributed by atoms with E-state index in [1.54, 1.807) is 20.8 Å². The van der Waals surface area contributed by atoms with E-state index in [0.717, 1.165) is 12.1 Å². The Morgan fingerprint density at radius 3 is 1.94 bits per heavy atom. The van der Waals surface area contributed by atoms with E-state index in [4.69, 9.17) is 5.73 Å². The summed E-state index contributed by atoms with van der Waals surface area (Å²) in [6.07, 6.45) is -4.54. The predicted molar refractivity (Wildman–Crippen MR) is 65.0 cm³/mol. The lowest BCUT2D eigenvalue weighted by Crippen LogP contribution is -2.27. The Hall–Kier alpha value is -0.810. The van der Waals surface area contributed by atoms with Crippen molar-refractivity contribution in [3.8, 4) is 0 Å². The fraction of sp³-hybridized carbons (Fsp3) is 0.500. The number of hydrogen-bond acceptors (Lipinski definition) is 1. The molecule has 0 amide bonds. The molecule has 0 saturated heterocycles. The molecule has 0 heterocycles. The maximum absolute atomic E-state index is 13.6. The minimum Gasteiger partial charge on any atom is -0.323 e. The van der Waals surface area contributed by atoms with E-state index in [2.05, 4.69) is 0 Å². The Bertz CT molecular complexity index is 410. The summed E-state index contributed by atoms with van der Waals surface area (Å²) < 4.78 is 50.6. The number of alkyl halides is 3. The monoisotopic (exact) mass is 285 g/mol. The van der Waals surface area contributed by atoms with Gasteiger partial charge in [-0.1, -0.05) is 26.8 Å². The molecule has 0 radical (unpaired) electrons. The van der Waals surface area contributed by atoms with Crippen LogP contribution in [0, 0.1) is 11.2 Å². The molecule has 0 aliphatic rings. The number of hydrogen-bond donors (Lipinski definition) is 1. The van der Waals surface area contributed by atoms with Gasteiger partial charge in [0.25, 0.3) is 0 Å². The molecule has 0 fully saturated rings. The van der Waals surface area contributed by atoms with Crippen LogP contribution in [0.3, 0.4) is 0 Å². The second kappa shape index (κ2) is 5.45. The largest absolute Gasteiger partial charge is 0.416 e. The molecule has 0 saturated carbocycles. The molecule has 1 aromatic carbocycles. The molecule has 0 unspecified atom stereocenters. The van der Waals surface area contributed by atoms with Gasteiger partial charge in [0.2, 0.25) is 0 Å². The molecule has 6 heteroatoms. The molecule has 104 valence electrons. The standard InChI is InChI=1S/C12H15F4N.ClH/c1-11(2,3)10(17)8-5-4-7(6-9(8)13)12(14,15)16;/h4-6,10H,17H2,1-3H3;1H/t10-;/m0./s1. The zero-order valence-corrected chi connectivity index (χ0v) is 11.1. The highest BCUT2D eigenvalue weighted by Crippen LogP contribution is 2.35. The highest BCUT2D eigenvalue weighted by atomic mass is 35.5. The highest BCUT2D eigenvalue weighted by Gasteiger charge is 2.32. The van der Waals surface area contributed by atoms with Crippen molar-refractivity contribution in [2.75, 3.05) is 0 Å². The van der Waals surface area contributed by atoms with Crippen molar-refractivity contribution >= 4 is 12.4 Å². The summed E-state index contributed by atoms with van der Waals surface area (Å²) in [5, 5.41) is 0. The molecule has 0 bridgehead atoms. The SMILES string of the molecule is CC(C)(C)[C@@H](N)c1ccc(C(F)(F)F)cc1F.Cl. The van der Waals surface area contributed by atoms with Gasteiger partial charge in [0.1, 0.15) is 5.82 Å². The van der Waals surface area contributed by atoms with Crippen LogP contribution in [0.5, 0.6) is 0 Å². The minimum atomic E-state index is -4.54. The van der Waals surface area contributed by atoms with E-state index < -0.39 is 29.0 Å². The number of halogens is 5. The fourth-order valence-electron chi connectivity index (χ4n) is 1.42. The van der Waals surface area contributed by atoms with E-state index in [1.165, 1.54) is 0 Å². The maximum atomic E-state index is 13.6. The van der Waals surface area contributed by atoms with Crippen LogP contribution in [0.4, 0.5) is 17.6 Å². The van der Waals surface area contributed by atoms with Crippen molar-refractivity contribution in [1.82, 2.24) is 0 Å². The van der Waals surface area contributed by atoms with Gasteiger partial charge in [-0.15, -0.1) is 12.4 Å². The van der Waals surface area contributed by atoms with Crippen LogP contribution < -0.4 is 5.73 Å². The van der Waals surface area contributed by atoms with Gasteiger partial charge >= 0.3 is 6.18 Å². The lowest BCUT2D eigenvalue weighted by molar-refractivity contribution is -0.137. The van der Waals surface area contributed by atoms with E-state index >= 15 is 0 Å². The summed E-state index contributed by atoms with van der Waals surface area (Å²) in [5.74, 6) is -0.915. The van der Waals surface area contributed by atoms with Crippen LogP contribution >= 0.6 is 12.4 Å². The Kier molecular flexibility index (Phi) is 5.20. The normalized spacial score (nSPS) is 14.0. The van der Waals surface area contributed by atoms with E-state index in [0.29, 0.717) is 6.07 Å². The first-order valence-electron chi connectivity index (χ1n) is 5.15. The van der Waals surface area contributed by atoms with Gasteiger partial charge in [-0.05, 0) is 17.5 Å². The van der Waals surface area contributed by atoms with Gasteiger partial charge in [-0.25, -0.2) is 4.39 Å². The van der Waals surface area contributed by atoms with Crippen molar-refractivity contribution in [2.45, 2.75) is 33.0 Å². The van der Waals surface area contributed by atoms with Crippen LogP contribution in [0.1, 0.15) is 37.9 Å². The third kappa shape index (κ3) is 3.85. The average molecular weight is 286 g/mol. The van der Waals surface area contributed by atoms with Crippen molar-refractivity contribution in [3.05, 3.63) is 35.1 Å². The molecule has 18 heavy (non-hydrogen) atoms. The number of nitrogens with two attached hydrogens (primary N) is 1. The Morgan fingerprint density at radius 2 is 1.61 bits per heavy atom. The van der Waals surface area contributed by atoms with Gasteiger partial charge in [-0.3, -0.25) is 0 Å². The van der Waals surface area contributed by atoms with Crippen LogP contribution in [-0.4, -0.2) is 0 Å². The van der Waals surface area contributed by atoms with Gasteiger partial charge in [0.15, 0.2) is 0 Å². The molecule has 0 aliphatic carbocycles. The van der Waals surface area contributed by atoms with Crippen LogP contribution in [0.15, 0.2) is 18.2 Å². The lowest BCUT2D eigenvalue weighted by Gasteiger charge is -2.27. The average Bonchev–Trinajstić information content (AvgIpc) is 2.13. The first kappa shape index (κ1) is 17.2. The zero-order chi connectivity index (χ0) is 13.4. The highest BCUT2D eigenvalue weighted by molar-refractivity contribution is 5.85. The smallest absolute Gasteiger partial charge is 0.323 e. The number of benzene rings is 1. The molecule has 1 rings (SSSR count). The molecule has 1 atom stereocenters. The minimum absolute atomic E-state index is 0. The van der Waals surface area contributed by atoms with Crippen molar-refractivity contribution in [3.63, 3.8) is 0 Å². The van der Waals surface area contributed by atoms with Gasteiger partial charge < -0.3 is 5.73 Å². The fourth-order valence-corrected chi connectivity index (χ4v) is 1.42. The summed E-state index contributed by atoms with van der Waals surface area (Å²) in [5.41, 5.74) is 4.50. The van der Waals surface area contributed by atoms with Gasteiger partial charge in [-0.2, -0.15) is 13.2 Å². The van der Waals surface area contributed by atoms with E-state index in [1.807, 2.05) is 0 Å². The summed E-state index contributed by atoms with van der Waals surface area (Å²) in [4.78, 5) is 0. The molecule has 1 aromatic rings. The van der Waals surface area contributed by atoms with Crippen molar-refractivity contribution in [1.29, 1.82) is 0 Å². The third-order valence-electron chi connectivity index (χ3n) is 2.60. The Labute approximate surface area is 110 Å². The summed E-state index contributed by atoms with van der Waals surface area (Å²) in [6, 6.07) is 1.80. The van der Waals surface area contributed by atoms with E-state index in [-0.39, 0.29) is 18.0 Å². The summed E-state index contributed by atoms with van der Waals surface area (Å²) >= 11 is 0. The van der Waals surface area contributed by atoms with Crippen LogP contribution in [0.25, 0.3) is 0 Å². The molecule has 1 nitrogen and oxygen atoms in total. The molecular formula is C12H16ClF4N. The first-order valence-corrected chi connectivity index (χ1v) is 5.15. The lowest BCUT2D eigenvalue weighted by atomic mass is 9.82. The molecule has 0 spiro atoms. The van der Waals surface area contributed by atoms with Gasteiger partial charge in [0, 0.05) is 11.6 Å². The molecule has 0 aliphatic heterocycles. The van der Waals surface area contributed by atoms with Crippen molar-refractivity contribution in [2.24, 2.45) is 11.1 Å². The molecule has 0 aromatic heterocycles. The van der Waals surface area contributed by atoms with Crippen molar-refractivity contribution < 1.29 is 17.6 Å². The summed E-state index contributed by atoms with van der Waals surface area (Å²) in [6.45, 7) is 5.40. The summed E-state index contributed by atoms with van der Waals surface area (Å²) in [7, 11) is 0. The third-order valence-corrected chi connectivity index (χ3v) is 2.60. The molecular weight excluding hydrogens is 270 g/mol. The van der Waals surface area contributed by atoms with E-state index in [9.17, 15) is 17.6 Å². The maximum Gasteiger partial charge on any atom is 0.416 e. The second-order valence-electron chi connectivity index (χ2n) is 5.08. The Balaban J connectivity index is 0.00000289. The van der Waals surface area contributed by atoms with Gasteiger partial charge in [0.05, 0.1) is 5.56 Å². The second-order valence-corrected chi connectivity index (χ2v) is 5.08. The first-order chi connectivity index (χ1) is 7.53. The topological polar surface area (TPSA) is 26.0 Å². The molecule has 2 N–H and O–H groups in total. The Morgan fingerprint density at radius 1 is 1.11 bits per heavy atom. The quantitative estimate of drug-likeness (QED) is 0.765.